The topological polar surface area (TPSA) is 75.4 Å². The van der Waals surface area contributed by atoms with Gasteiger partial charge in [0.1, 0.15) is 21.8 Å². The molecule has 0 amide bonds. The average molecular weight is 367 g/mol. The Morgan fingerprint density at radius 2 is 2.08 bits per heavy atom. The van der Waals surface area contributed by atoms with E-state index in [4.69, 9.17) is 0 Å². The fourth-order valence-electron chi connectivity index (χ4n) is 3.06. The highest BCUT2D eigenvalue weighted by molar-refractivity contribution is 7.90. The van der Waals surface area contributed by atoms with Crippen molar-refractivity contribution in [1.29, 1.82) is 0 Å². The molecule has 0 saturated heterocycles. The Labute approximate surface area is 146 Å². The number of aryl methyl sites for hydroxylation is 1. The van der Waals surface area contributed by atoms with E-state index in [1.54, 1.807) is 22.9 Å². The summed E-state index contributed by atoms with van der Waals surface area (Å²) in [4.78, 5) is 2.19. The molecule has 136 valence electrons. The number of hydrogen-bond acceptors (Lipinski definition) is 5. The smallest absolute Gasteiger partial charge is 0.150 e. The second kappa shape index (κ2) is 6.86. The van der Waals surface area contributed by atoms with Gasteiger partial charge in [0.15, 0.2) is 0 Å². The van der Waals surface area contributed by atoms with Gasteiger partial charge in [0.05, 0.1) is 23.7 Å². The molecule has 3 rings (SSSR count). The largest absolute Gasteiger partial charge is 0.386 e. The maximum absolute atomic E-state index is 13.5. The van der Waals surface area contributed by atoms with Crippen LogP contribution in [-0.4, -0.2) is 46.8 Å². The quantitative estimate of drug-likeness (QED) is 0.865. The highest BCUT2D eigenvalue weighted by atomic mass is 32.2. The number of aliphatic hydroxyl groups is 1. The van der Waals surface area contributed by atoms with Crippen LogP contribution in [0.25, 0.3) is 0 Å². The number of aromatic nitrogens is 2. The molecular formula is C17H22FN3O3S. The predicted octanol–water partition coefficient (Wildman–Crippen LogP) is 1.42. The first-order valence-corrected chi connectivity index (χ1v) is 10.2. The first-order valence-electron chi connectivity index (χ1n) is 8.11. The number of hydrogen-bond donors (Lipinski definition) is 1. The van der Waals surface area contributed by atoms with Crippen molar-refractivity contribution in [2.45, 2.75) is 32.7 Å². The van der Waals surface area contributed by atoms with E-state index in [1.165, 1.54) is 6.07 Å². The number of aliphatic hydroxyl groups excluding tert-OH is 1. The summed E-state index contributed by atoms with van der Waals surface area (Å²) < 4.78 is 37.9. The second-order valence-electron chi connectivity index (χ2n) is 6.67. The van der Waals surface area contributed by atoms with Crippen LogP contribution in [0, 0.1) is 12.7 Å². The molecule has 1 N–H and O–H groups in total. The SMILES string of the molecule is Cc1ccc(F)cc1CN1CCn2nc(C(O)CS(C)(=O)=O)cc2C1. The zero-order valence-electron chi connectivity index (χ0n) is 14.3. The number of benzene rings is 1. The standard InChI is InChI=1S/C17H22FN3O3S/c1-12-3-4-14(18)7-13(12)9-20-5-6-21-15(10-20)8-16(19-21)17(22)11-25(2,23)24/h3-4,7-8,17,22H,5-6,9-11H2,1-2H3. The zero-order valence-corrected chi connectivity index (χ0v) is 15.1. The maximum atomic E-state index is 13.5. The van der Waals surface area contributed by atoms with Gasteiger partial charge in [-0.15, -0.1) is 0 Å². The summed E-state index contributed by atoms with van der Waals surface area (Å²) in [5.74, 6) is -0.579. The summed E-state index contributed by atoms with van der Waals surface area (Å²) in [6.07, 6.45) is -0.0260. The lowest BCUT2D eigenvalue weighted by molar-refractivity contribution is 0.191. The van der Waals surface area contributed by atoms with Gasteiger partial charge in [0.25, 0.3) is 0 Å². The van der Waals surface area contributed by atoms with Crippen LogP contribution >= 0.6 is 0 Å². The molecule has 0 spiro atoms. The van der Waals surface area contributed by atoms with Crippen LogP contribution in [0.1, 0.15) is 28.6 Å². The van der Waals surface area contributed by atoms with Crippen molar-refractivity contribution in [1.82, 2.24) is 14.7 Å². The van der Waals surface area contributed by atoms with Gasteiger partial charge in [0.2, 0.25) is 0 Å². The first-order chi connectivity index (χ1) is 11.7. The molecule has 6 nitrogen and oxygen atoms in total. The van der Waals surface area contributed by atoms with Gasteiger partial charge in [-0.2, -0.15) is 5.10 Å². The van der Waals surface area contributed by atoms with E-state index in [-0.39, 0.29) is 11.6 Å². The Hall–Kier alpha value is -1.77. The van der Waals surface area contributed by atoms with Crippen molar-refractivity contribution in [2.24, 2.45) is 0 Å². The Morgan fingerprint density at radius 1 is 1.32 bits per heavy atom. The molecular weight excluding hydrogens is 345 g/mol. The Balaban J connectivity index is 1.72. The van der Waals surface area contributed by atoms with Crippen molar-refractivity contribution >= 4 is 9.84 Å². The molecule has 1 atom stereocenters. The number of nitrogens with zero attached hydrogens (tertiary/aromatic N) is 3. The van der Waals surface area contributed by atoms with Crippen LogP contribution in [0.15, 0.2) is 24.3 Å². The highest BCUT2D eigenvalue weighted by Crippen LogP contribution is 2.21. The highest BCUT2D eigenvalue weighted by Gasteiger charge is 2.23. The number of halogens is 1. The van der Waals surface area contributed by atoms with Crippen LogP contribution < -0.4 is 0 Å². The molecule has 0 bridgehead atoms. The van der Waals surface area contributed by atoms with Gasteiger partial charge < -0.3 is 5.11 Å². The molecule has 1 aliphatic rings. The Kier molecular flexibility index (Phi) is 4.95. The molecule has 1 aromatic heterocycles. The number of sulfone groups is 1. The lowest BCUT2D eigenvalue weighted by atomic mass is 10.1. The van der Waals surface area contributed by atoms with Crippen molar-refractivity contribution < 1.29 is 17.9 Å². The summed E-state index contributed by atoms with van der Waals surface area (Å²) in [5.41, 5.74) is 3.29. The number of rotatable bonds is 5. The lowest BCUT2D eigenvalue weighted by Crippen LogP contribution is -2.33. The summed E-state index contributed by atoms with van der Waals surface area (Å²) in [6, 6.07) is 6.54. The lowest BCUT2D eigenvalue weighted by Gasteiger charge is -2.28. The van der Waals surface area contributed by atoms with Gasteiger partial charge in [-0.05, 0) is 36.2 Å². The summed E-state index contributed by atoms with van der Waals surface area (Å²) >= 11 is 0. The molecule has 8 heteroatoms. The minimum Gasteiger partial charge on any atom is -0.386 e. The molecule has 1 aliphatic heterocycles. The fraction of sp³-hybridized carbons (Fsp3) is 0.471. The van der Waals surface area contributed by atoms with Gasteiger partial charge in [0, 0.05) is 25.9 Å². The van der Waals surface area contributed by atoms with E-state index in [0.717, 1.165) is 29.6 Å². The van der Waals surface area contributed by atoms with Crippen LogP contribution in [0.2, 0.25) is 0 Å². The summed E-state index contributed by atoms with van der Waals surface area (Å²) in [7, 11) is -3.28. The van der Waals surface area contributed by atoms with Crippen molar-refractivity contribution in [3.8, 4) is 0 Å². The van der Waals surface area contributed by atoms with Gasteiger partial charge in [-0.3, -0.25) is 9.58 Å². The zero-order chi connectivity index (χ0) is 18.2. The second-order valence-corrected chi connectivity index (χ2v) is 8.86. The molecule has 1 aromatic carbocycles. The third-order valence-electron chi connectivity index (χ3n) is 4.40. The summed E-state index contributed by atoms with van der Waals surface area (Å²) in [6.45, 7) is 4.62. The fourth-order valence-corrected chi connectivity index (χ4v) is 3.81. The van der Waals surface area contributed by atoms with E-state index < -0.39 is 15.9 Å². The molecule has 2 heterocycles. The molecule has 25 heavy (non-hydrogen) atoms. The van der Waals surface area contributed by atoms with E-state index in [1.807, 2.05) is 6.92 Å². The molecule has 0 saturated carbocycles. The van der Waals surface area contributed by atoms with Crippen molar-refractivity contribution in [3.63, 3.8) is 0 Å². The van der Waals surface area contributed by atoms with E-state index in [2.05, 4.69) is 10.00 Å². The van der Waals surface area contributed by atoms with Crippen LogP contribution in [0.3, 0.4) is 0 Å². The third kappa shape index (κ3) is 4.45. The molecule has 0 aliphatic carbocycles. The third-order valence-corrected chi connectivity index (χ3v) is 5.32. The van der Waals surface area contributed by atoms with Crippen molar-refractivity contribution in [3.05, 3.63) is 52.6 Å². The first kappa shape index (κ1) is 18.0. The monoisotopic (exact) mass is 367 g/mol. The van der Waals surface area contributed by atoms with Crippen LogP contribution in [0.4, 0.5) is 4.39 Å². The van der Waals surface area contributed by atoms with Crippen LogP contribution in [0.5, 0.6) is 0 Å². The van der Waals surface area contributed by atoms with Crippen molar-refractivity contribution in [2.75, 3.05) is 18.6 Å². The molecule has 1 unspecified atom stereocenters. The normalized spacial score (nSPS) is 16.6. The van der Waals surface area contributed by atoms with Crippen LogP contribution in [-0.2, 0) is 29.5 Å². The maximum Gasteiger partial charge on any atom is 0.150 e. The Morgan fingerprint density at radius 3 is 2.80 bits per heavy atom. The van der Waals surface area contributed by atoms with E-state index >= 15 is 0 Å². The van der Waals surface area contributed by atoms with E-state index in [0.29, 0.717) is 25.3 Å². The molecule has 2 aromatic rings. The van der Waals surface area contributed by atoms with Gasteiger partial charge in [-0.25, -0.2) is 12.8 Å². The number of fused-ring (bicyclic) bond motifs is 1. The Bertz CT molecular complexity index is 879. The van der Waals surface area contributed by atoms with E-state index in [9.17, 15) is 17.9 Å². The average Bonchev–Trinajstić information content (AvgIpc) is 2.93. The predicted molar refractivity (Wildman–Crippen MR) is 92.1 cm³/mol. The minimum atomic E-state index is -3.28. The summed E-state index contributed by atoms with van der Waals surface area (Å²) in [5, 5.41) is 14.4. The minimum absolute atomic E-state index is 0.242. The van der Waals surface area contributed by atoms with Gasteiger partial charge in [-0.1, -0.05) is 6.07 Å². The molecule has 0 fully saturated rings. The van der Waals surface area contributed by atoms with Gasteiger partial charge >= 0.3 is 0 Å². The molecule has 0 radical (unpaired) electrons.